The molecule has 0 aromatic carbocycles. The number of morpholine rings is 1. The Labute approximate surface area is 105 Å². The second kappa shape index (κ2) is 4.34. The van der Waals surface area contributed by atoms with Crippen LogP contribution in [0.3, 0.4) is 0 Å². The Morgan fingerprint density at radius 3 is 2.81 bits per heavy atom. The quantitative estimate of drug-likeness (QED) is 0.793. The van der Waals surface area contributed by atoms with Crippen LogP contribution in [0, 0.1) is 6.92 Å². The molecule has 0 unspecified atom stereocenters. The first-order valence-electron chi connectivity index (χ1n) is 5.49. The van der Waals surface area contributed by atoms with E-state index in [4.69, 9.17) is 4.74 Å². The van der Waals surface area contributed by atoms with E-state index in [1.807, 2.05) is 6.92 Å². The van der Waals surface area contributed by atoms with Crippen LogP contribution in [0.4, 0.5) is 5.82 Å². The second-order valence-corrected chi connectivity index (χ2v) is 5.61. The van der Waals surface area contributed by atoms with Crippen LogP contribution in [0.2, 0.25) is 0 Å². The molecule has 1 saturated heterocycles. The zero-order valence-corrected chi connectivity index (χ0v) is 11.5. The third kappa shape index (κ3) is 2.23. The van der Waals surface area contributed by atoms with E-state index in [-0.39, 0.29) is 5.54 Å². The highest BCUT2D eigenvalue weighted by Gasteiger charge is 2.31. The van der Waals surface area contributed by atoms with Gasteiger partial charge < -0.3 is 9.64 Å². The number of halogens is 1. The van der Waals surface area contributed by atoms with Gasteiger partial charge in [0.15, 0.2) is 0 Å². The fourth-order valence-electron chi connectivity index (χ4n) is 1.96. The Morgan fingerprint density at radius 2 is 2.19 bits per heavy atom. The molecule has 3 nitrogen and oxygen atoms in total. The number of aromatic nitrogens is 1. The normalized spacial score (nSPS) is 19.9. The Bertz CT molecular complexity index is 393. The number of ether oxygens (including phenoxy) is 1. The van der Waals surface area contributed by atoms with Crippen molar-refractivity contribution >= 4 is 21.7 Å². The molecule has 1 fully saturated rings. The minimum Gasteiger partial charge on any atom is -0.377 e. The van der Waals surface area contributed by atoms with Gasteiger partial charge in [0.25, 0.3) is 0 Å². The van der Waals surface area contributed by atoms with Crippen molar-refractivity contribution in [3.63, 3.8) is 0 Å². The van der Waals surface area contributed by atoms with Crippen LogP contribution in [0.15, 0.2) is 16.6 Å². The minimum absolute atomic E-state index is 0.0194. The number of pyridine rings is 1. The number of hydrogen-bond donors (Lipinski definition) is 0. The third-order valence-electron chi connectivity index (χ3n) is 2.93. The van der Waals surface area contributed by atoms with Crippen molar-refractivity contribution in [3.05, 3.63) is 22.3 Å². The molecular formula is C12H17BrN2O. The Morgan fingerprint density at radius 1 is 1.44 bits per heavy atom. The lowest BCUT2D eigenvalue weighted by atomic mass is 10.0. The summed E-state index contributed by atoms with van der Waals surface area (Å²) in [4.78, 5) is 6.93. The second-order valence-electron chi connectivity index (χ2n) is 4.75. The molecule has 2 rings (SSSR count). The number of aryl methyl sites for hydroxylation is 1. The van der Waals surface area contributed by atoms with E-state index in [0.29, 0.717) is 0 Å². The molecule has 0 bridgehead atoms. The minimum atomic E-state index is 0.0194. The van der Waals surface area contributed by atoms with E-state index in [1.165, 1.54) is 0 Å². The third-order valence-corrected chi connectivity index (χ3v) is 3.77. The molecule has 1 aliphatic heterocycles. The molecule has 0 amide bonds. The van der Waals surface area contributed by atoms with E-state index in [0.717, 1.165) is 35.7 Å². The van der Waals surface area contributed by atoms with Crippen LogP contribution in [0.25, 0.3) is 0 Å². The van der Waals surface area contributed by atoms with Crippen LogP contribution >= 0.6 is 15.9 Å². The lowest BCUT2D eigenvalue weighted by Gasteiger charge is -2.43. The molecule has 16 heavy (non-hydrogen) atoms. The molecule has 1 aromatic heterocycles. The monoisotopic (exact) mass is 284 g/mol. The van der Waals surface area contributed by atoms with Gasteiger partial charge in [-0.1, -0.05) is 0 Å². The maximum Gasteiger partial charge on any atom is 0.129 e. The van der Waals surface area contributed by atoms with Crippen molar-refractivity contribution in [3.8, 4) is 0 Å². The average Bonchev–Trinajstić information content (AvgIpc) is 2.22. The molecule has 88 valence electrons. The van der Waals surface area contributed by atoms with Gasteiger partial charge in [-0.2, -0.15) is 0 Å². The summed E-state index contributed by atoms with van der Waals surface area (Å²) in [6, 6.07) is 4.12. The summed E-state index contributed by atoms with van der Waals surface area (Å²) < 4.78 is 6.57. The zero-order chi connectivity index (χ0) is 11.8. The molecule has 4 heteroatoms. The first-order valence-corrected chi connectivity index (χ1v) is 6.28. The van der Waals surface area contributed by atoms with E-state index in [2.05, 4.69) is 51.8 Å². The average molecular weight is 285 g/mol. The van der Waals surface area contributed by atoms with Crippen LogP contribution < -0.4 is 4.90 Å². The summed E-state index contributed by atoms with van der Waals surface area (Å²) in [6.07, 6.45) is 0. The van der Waals surface area contributed by atoms with Crippen molar-refractivity contribution in [2.45, 2.75) is 26.3 Å². The summed E-state index contributed by atoms with van der Waals surface area (Å²) in [7, 11) is 0. The van der Waals surface area contributed by atoms with E-state index < -0.39 is 0 Å². The smallest absolute Gasteiger partial charge is 0.129 e. The predicted octanol–water partition coefficient (Wildman–Crippen LogP) is 2.77. The SMILES string of the molecule is Cc1nc(N2CCOCC2(C)C)ccc1Br. The lowest BCUT2D eigenvalue weighted by molar-refractivity contribution is 0.0639. The lowest BCUT2D eigenvalue weighted by Crippen LogP contribution is -2.53. The summed E-state index contributed by atoms with van der Waals surface area (Å²) in [5.41, 5.74) is 1.05. The van der Waals surface area contributed by atoms with Gasteiger partial charge >= 0.3 is 0 Å². The summed E-state index contributed by atoms with van der Waals surface area (Å²) >= 11 is 3.48. The maximum absolute atomic E-state index is 5.51. The molecule has 1 aromatic rings. The van der Waals surface area contributed by atoms with Gasteiger partial charge in [0.1, 0.15) is 5.82 Å². The standard InChI is InChI=1S/C12H17BrN2O/c1-9-10(13)4-5-11(14-9)15-6-7-16-8-12(15,2)3/h4-5H,6-8H2,1-3H3. The number of nitrogens with zero attached hydrogens (tertiary/aromatic N) is 2. The fourth-order valence-corrected chi connectivity index (χ4v) is 2.18. The molecule has 0 atom stereocenters. The van der Waals surface area contributed by atoms with Crippen molar-refractivity contribution in [1.82, 2.24) is 4.98 Å². The van der Waals surface area contributed by atoms with Crippen molar-refractivity contribution in [2.24, 2.45) is 0 Å². The predicted molar refractivity (Wildman–Crippen MR) is 68.9 cm³/mol. The Balaban J connectivity index is 2.31. The van der Waals surface area contributed by atoms with Crippen LogP contribution in [0.1, 0.15) is 19.5 Å². The van der Waals surface area contributed by atoms with E-state index in [1.54, 1.807) is 0 Å². The molecule has 0 N–H and O–H groups in total. The van der Waals surface area contributed by atoms with E-state index >= 15 is 0 Å². The van der Waals surface area contributed by atoms with Crippen molar-refractivity contribution < 1.29 is 4.74 Å². The summed E-state index contributed by atoms with van der Waals surface area (Å²) in [5, 5.41) is 0. The Kier molecular flexibility index (Phi) is 3.22. The van der Waals surface area contributed by atoms with Gasteiger partial charge in [-0.25, -0.2) is 4.98 Å². The zero-order valence-electron chi connectivity index (χ0n) is 9.96. The first-order chi connectivity index (χ1) is 7.50. The van der Waals surface area contributed by atoms with Gasteiger partial charge in [0.05, 0.1) is 24.4 Å². The highest BCUT2D eigenvalue weighted by Crippen LogP contribution is 2.27. The van der Waals surface area contributed by atoms with Crippen molar-refractivity contribution in [1.29, 1.82) is 0 Å². The molecule has 0 aliphatic carbocycles. The highest BCUT2D eigenvalue weighted by atomic mass is 79.9. The largest absolute Gasteiger partial charge is 0.377 e. The summed E-state index contributed by atoms with van der Waals surface area (Å²) in [5.74, 6) is 1.04. The molecule has 0 saturated carbocycles. The van der Waals surface area contributed by atoms with Gasteiger partial charge in [-0.15, -0.1) is 0 Å². The van der Waals surface area contributed by atoms with Crippen LogP contribution in [-0.4, -0.2) is 30.3 Å². The van der Waals surface area contributed by atoms with Crippen LogP contribution in [0.5, 0.6) is 0 Å². The summed E-state index contributed by atoms with van der Waals surface area (Å²) in [6.45, 7) is 8.82. The first kappa shape index (κ1) is 11.9. The highest BCUT2D eigenvalue weighted by molar-refractivity contribution is 9.10. The van der Waals surface area contributed by atoms with Gasteiger partial charge in [0, 0.05) is 11.0 Å². The molecule has 0 radical (unpaired) electrons. The Hall–Kier alpha value is -0.610. The molecule has 0 spiro atoms. The molecular weight excluding hydrogens is 268 g/mol. The van der Waals surface area contributed by atoms with Gasteiger partial charge in [-0.05, 0) is 48.8 Å². The van der Waals surface area contributed by atoms with Gasteiger partial charge in [0.2, 0.25) is 0 Å². The van der Waals surface area contributed by atoms with Crippen LogP contribution in [-0.2, 0) is 4.74 Å². The number of rotatable bonds is 1. The molecule has 2 heterocycles. The fraction of sp³-hybridized carbons (Fsp3) is 0.583. The molecule has 1 aliphatic rings. The number of hydrogen-bond acceptors (Lipinski definition) is 3. The number of anilines is 1. The van der Waals surface area contributed by atoms with E-state index in [9.17, 15) is 0 Å². The topological polar surface area (TPSA) is 25.4 Å². The van der Waals surface area contributed by atoms with Crippen molar-refractivity contribution in [2.75, 3.05) is 24.7 Å². The maximum atomic E-state index is 5.51. The van der Waals surface area contributed by atoms with Gasteiger partial charge in [-0.3, -0.25) is 0 Å².